The van der Waals surface area contributed by atoms with Gasteiger partial charge in [0.2, 0.25) is 0 Å². The van der Waals surface area contributed by atoms with E-state index in [2.05, 4.69) is 90.1 Å². The molecule has 0 atom stereocenters. The maximum absolute atomic E-state index is 2.37. The Kier molecular flexibility index (Phi) is 8.96. The fourth-order valence-corrected chi connectivity index (χ4v) is 10.9. The van der Waals surface area contributed by atoms with E-state index < -0.39 is 22.9 Å². The van der Waals surface area contributed by atoms with Crippen LogP contribution in [0.1, 0.15) is 62.8 Å². The summed E-state index contributed by atoms with van der Waals surface area (Å²) in [6, 6.07) is 18.4. The Hall–Kier alpha value is -1.15. The predicted molar refractivity (Wildman–Crippen MR) is 122 cm³/mol. The predicted octanol–water partition coefficient (Wildman–Crippen LogP) is 2.00. The van der Waals surface area contributed by atoms with Crippen LogP contribution < -0.4 is 24.8 Å². The molecule has 2 aromatic rings. The summed E-state index contributed by atoms with van der Waals surface area (Å²) < 4.78 is 3.47. The second-order valence-corrected chi connectivity index (χ2v) is 13.2. The summed E-state index contributed by atoms with van der Waals surface area (Å²) >= 11 is -1.19. The summed E-state index contributed by atoms with van der Waals surface area (Å²) in [4.78, 5) is 0. The monoisotopic (exact) mass is 616 g/mol. The smallest absolute Gasteiger partial charge is 1.00 e. The van der Waals surface area contributed by atoms with Crippen molar-refractivity contribution in [2.75, 3.05) is 0 Å². The van der Waals surface area contributed by atoms with Gasteiger partial charge in [-0.25, -0.2) is 0 Å². The van der Waals surface area contributed by atoms with E-state index in [4.69, 9.17) is 0 Å². The fourth-order valence-electron chi connectivity index (χ4n) is 4.32. The topological polar surface area (TPSA) is 0 Å². The van der Waals surface area contributed by atoms with Crippen molar-refractivity contribution in [2.45, 2.75) is 54.4 Å². The molecule has 0 bridgehead atoms. The van der Waals surface area contributed by atoms with E-state index in [-0.39, 0.29) is 24.8 Å². The molecule has 2 aliphatic carbocycles. The summed E-state index contributed by atoms with van der Waals surface area (Å²) in [6.07, 6.45) is 2.26. The van der Waals surface area contributed by atoms with Gasteiger partial charge in [-0.05, 0) is 0 Å². The summed E-state index contributed by atoms with van der Waals surface area (Å²) in [7, 11) is 0. The van der Waals surface area contributed by atoms with Crippen LogP contribution in [0.4, 0.5) is 0 Å². The van der Waals surface area contributed by atoms with E-state index in [0.29, 0.717) is 0 Å². The normalized spacial score (nSPS) is 15.9. The Labute approximate surface area is 211 Å². The Bertz CT molecular complexity index is 1010. The maximum Gasteiger partial charge on any atom is -1.00 e. The minimum Gasteiger partial charge on any atom is -1.00 e. The first kappa shape index (κ1) is 26.1. The van der Waals surface area contributed by atoms with Crippen molar-refractivity contribution in [1.82, 2.24) is 0 Å². The van der Waals surface area contributed by atoms with Gasteiger partial charge in [-0.2, -0.15) is 0 Å². The molecule has 0 unspecified atom stereocenters. The second kappa shape index (κ2) is 10.6. The third-order valence-corrected chi connectivity index (χ3v) is 13.2. The molecule has 0 aliphatic heterocycles. The van der Waals surface area contributed by atoms with E-state index in [9.17, 15) is 0 Å². The van der Waals surface area contributed by atoms with Crippen molar-refractivity contribution < 1.29 is 47.7 Å². The Balaban J connectivity index is 0.00000171. The van der Waals surface area contributed by atoms with Gasteiger partial charge < -0.3 is 24.8 Å². The third kappa shape index (κ3) is 5.27. The van der Waals surface area contributed by atoms with Crippen LogP contribution in [0.15, 0.2) is 77.5 Å². The molecule has 3 heteroatoms. The van der Waals surface area contributed by atoms with E-state index in [1.54, 1.807) is 40.1 Å². The second-order valence-electron chi connectivity index (χ2n) is 8.73. The Morgan fingerprint density at radius 2 is 0.839 bits per heavy atom. The number of hydrogen-bond acceptors (Lipinski definition) is 0. The summed E-state index contributed by atoms with van der Waals surface area (Å²) in [5.74, 6) is 0. The van der Waals surface area contributed by atoms with E-state index in [1.807, 2.05) is 0 Å². The van der Waals surface area contributed by atoms with Crippen molar-refractivity contribution in [1.29, 1.82) is 0 Å². The van der Waals surface area contributed by atoms with Crippen LogP contribution in [0.25, 0.3) is 11.1 Å². The molecule has 0 aromatic heterocycles. The zero-order valence-corrected chi connectivity index (χ0v) is 24.4. The van der Waals surface area contributed by atoms with Crippen molar-refractivity contribution in [3.63, 3.8) is 0 Å². The van der Waals surface area contributed by atoms with Crippen LogP contribution in [0.3, 0.4) is 0 Å². The van der Waals surface area contributed by atoms with E-state index in [0.717, 1.165) is 12.8 Å². The molecule has 2 aliphatic rings. The van der Waals surface area contributed by atoms with Gasteiger partial charge in [0.25, 0.3) is 0 Å². The van der Waals surface area contributed by atoms with Gasteiger partial charge in [-0.1, -0.05) is 0 Å². The molecule has 0 N–H and O–H groups in total. The van der Waals surface area contributed by atoms with Crippen molar-refractivity contribution in [2.24, 2.45) is 0 Å². The molecular weight excluding hydrogens is 586 g/mol. The van der Waals surface area contributed by atoms with Gasteiger partial charge in [0.05, 0.1) is 0 Å². The van der Waals surface area contributed by atoms with Gasteiger partial charge in [0, 0.05) is 0 Å². The van der Waals surface area contributed by atoms with Crippen LogP contribution in [-0.2, 0) is 22.9 Å². The molecule has 0 saturated heterocycles. The summed E-state index contributed by atoms with van der Waals surface area (Å²) in [5.41, 5.74) is 15.1. The zero-order valence-electron chi connectivity index (χ0n) is 19.3. The molecule has 0 saturated carbocycles. The van der Waals surface area contributed by atoms with Crippen LogP contribution in [0.2, 0.25) is 0 Å². The Morgan fingerprint density at radius 1 is 0.516 bits per heavy atom. The zero-order chi connectivity index (χ0) is 20.7. The molecule has 160 valence electrons. The Morgan fingerprint density at radius 3 is 1.16 bits per heavy atom. The van der Waals surface area contributed by atoms with E-state index in [1.165, 1.54) is 22.3 Å². The number of halogens is 2. The molecule has 0 heterocycles. The first-order chi connectivity index (χ1) is 13.8. The average Bonchev–Trinajstić information content (AvgIpc) is 3.14. The molecule has 31 heavy (non-hydrogen) atoms. The van der Waals surface area contributed by atoms with Crippen molar-refractivity contribution >= 4 is 11.1 Å². The number of allylic oxidation sites excluding steroid dienone is 8. The standard InChI is InChI=1S/2C14H15.2ClH.Hf/c2*1-10-4-6-13(7-5-10)14-8-11(2)12(3)9-14;;;/h2*4-7H,8H2,1-3H3;2*1H;/q;;;;+2/p-2. The molecule has 0 spiro atoms. The maximum atomic E-state index is 2.37. The average molecular weight is 616 g/mol. The summed E-state index contributed by atoms with van der Waals surface area (Å²) in [5, 5.41) is 0. The molecule has 0 fully saturated rings. The quantitative estimate of drug-likeness (QED) is 0.462. The number of hydrogen-bond donors (Lipinski definition) is 0. The van der Waals surface area contributed by atoms with Crippen LogP contribution in [0.5, 0.6) is 0 Å². The molecular formula is C28H30Cl2Hf. The molecule has 4 rings (SSSR count). The minimum atomic E-state index is -1.19. The van der Waals surface area contributed by atoms with Crippen molar-refractivity contribution in [3.8, 4) is 0 Å². The molecule has 2 aromatic carbocycles. The van der Waals surface area contributed by atoms with Crippen LogP contribution in [0, 0.1) is 13.8 Å². The van der Waals surface area contributed by atoms with Crippen LogP contribution >= 0.6 is 0 Å². The van der Waals surface area contributed by atoms with E-state index >= 15 is 0 Å². The van der Waals surface area contributed by atoms with Crippen molar-refractivity contribution in [3.05, 3.63) is 99.7 Å². The summed E-state index contributed by atoms with van der Waals surface area (Å²) in [6.45, 7) is 13.7. The van der Waals surface area contributed by atoms with Gasteiger partial charge in [0.15, 0.2) is 0 Å². The largest absolute Gasteiger partial charge is 1.00 e. The first-order valence-corrected chi connectivity index (χ1v) is 14.1. The number of aryl methyl sites for hydroxylation is 2. The van der Waals surface area contributed by atoms with Crippen LogP contribution in [-0.4, -0.2) is 0 Å². The molecule has 0 amide bonds. The molecule has 0 radical (unpaired) electrons. The number of rotatable bonds is 4. The third-order valence-electron chi connectivity index (χ3n) is 6.57. The van der Waals surface area contributed by atoms with Gasteiger partial charge in [0.1, 0.15) is 0 Å². The fraction of sp³-hybridized carbons (Fsp3) is 0.286. The molecule has 0 nitrogen and oxygen atoms in total. The van der Waals surface area contributed by atoms with Gasteiger partial charge >= 0.3 is 188 Å². The minimum absolute atomic E-state index is 0. The SMILES string of the molecule is CC1=C(C)[C]([Hf+2][C]2=C(c3ccc(C)cc3)CC(C)=C2C)=C(c2ccc(C)cc2)C1.[Cl-].[Cl-]. The number of benzene rings is 2. The van der Waals surface area contributed by atoms with Gasteiger partial charge in [-0.15, -0.1) is 0 Å². The van der Waals surface area contributed by atoms with Gasteiger partial charge in [-0.3, -0.25) is 0 Å². The first-order valence-electron chi connectivity index (χ1n) is 10.6.